The van der Waals surface area contributed by atoms with Crippen molar-refractivity contribution in [1.29, 1.82) is 0 Å². The number of carbonyl (C=O) groups excluding carboxylic acids is 1. The fourth-order valence-corrected chi connectivity index (χ4v) is 2.07. The second kappa shape index (κ2) is 7.10. The Morgan fingerprint density at radius 1 is 1.12 bits per heavy atom. The van der Waals surface area contributed by atoms with Gasteiger partial charge < -0.3 is 15.2 Å². The predicted molar refractivity (Wildman–Crippen MR) is 90.0 cm³/mol. The molecule has 0 radical (unpaired) electrons. The van der Waals surface area contributed by atoms with Crippen molar-refractivity contribution in [2.24, 2.45) is 0 Å². The lowest BCUT2D eigenvalue weighted by Gasteiger charge is -2.06. The summed E-state index contributed by atoms with van der Waals surface area (Å²) in [5.41, 5.74) is 1.25. The summed E-state index contributed by atoms with van der Waals surface area (Å²) in [5.74, 6) is 1.11. The minimum atomic E-state index is -0.403. The number of nitrogens with zero attached hydrogens (tertiary/aromatic N) is 3. The van der Waals surface area contributed by atoms with E-state index in [1.807, 2.05) is 24.3 Å². The standard InChI is InChI=1S/C16H14ClN5O2/c1-10-8-15(22-24-10)19-16(23)13-6-7-14(21-20-13)18-9-11-2-4-12(17)5-3-11/h2-8H,9H2,1H3,(H,18,21)(H,19,22,23). The van der Waals surface area contributed by atoms with Gasteiger partial charge in [-0.3, -0.25) is 4.79 Å². The molecule has 0 saturated heterocycles. The topological polar surface area (TPSA) is 92.9 Å². The monoisotopic (exact) mass is 343 g/mol. The predicted octanol–water partition coefficient (Wildman–Crippen LogP) is 3.29. The second-order valence-electron chi connectivity index (χ2n) is 5.06. The number of carbonyl (C=O) groups is 1. The van der Waals surface area contributed by atoms with E-state index in [2.05, 4.69) is 26.0 Å². The number of benzene rings is 1. The number of hydrogen-bond acceptors (Lipinski definition) is 6. The van der Waals surface area contributed by atoms with E-state index in [0.717, 1.165) is 5.56 Å². The molecule has 0 aliphatic heterocycles. The number of aryl methyl sites for hydroxylation is 1. The molecule has 0 saturated carbocycles. The van der Waals surface area contributed by atoms with E-state index in [9.17, 15) is 4.79 Å². The van der Waals surface area contributed by atoms with Crippen LogP contribution in [0.4, 0.5) is 11.6 Å². The first kappa shape index (κ1) is 15.9. The van der Waals surface area contributed by atoms with E-state index in [1.54, 1.807) is 25.1 Å². The summed E-state index contributed by atoms with van der Waals surface area (Å²) in [4.78, 5) is 12.0. The maximum atomic E-state index is 12.0. The zero-order valence-electron chi connectivity index (χ0n) is 12.8. The molecular weight excluding hydrogens is 330 g/mol. The Kier molecular flexibility index (Phi) is 4.72. The molecule has 0 atom stereocenters. The second-order valence-corrected chi connectivity index (χ2v) is 5.50. The Labute approximate surface area is 143 Å². The molecule has 7 nitrogen and oxygen atoms in total. The summed E-state index contributed by atoms with van der Waals surface area (Å²) in [6, 6.07) is 12.4. The van der Waals surface area contributed by atoms with Crippen molar-refractivity contribution >= 4 is 29.1 Å². The molecule has 0 aliphatic rings. The highest BCUT2D eigenvalue weighted by Gasteiger charge is 2.11. The van der Waals surface area contributed by atoms with E-state index < -0.39 is 5.91 Å². The zero-order chi connectivity index (χ0) is 16.9. The maximum absolute atomic E-state index is 12.0. The number of halogens is 1. The van der Waals surface area contributed by atoms with Crippen LogP contribution in [0.15, 0.2) is 47.0 Å². The molecule has 2 N–H and O–H groups in total. The normalized spacial score (nSPS) is 10.4. The number of anilines is 2. The van der Waals surface area contributed by atoms with Gasteiger partial charge in [0.25, 0.3) is 5.91 Å². The third-order valence-electron chi connectivity index (χ3n) is 3.15. The SMILES string of the molecule is Cc1cc(NC(=O)c2ccc(NCc3ccc(Cl)cc3)nn2)no1. The van der Waals surface area contributed by atoms with Crippen molar-refractivity contribution in [3.05, 3.63) is 64.5 Å². The molecule has 0 spiro atoms. The summed E-state index contributed by atoms with van der Waals surface area (Å²) >= 11 is 5.84. The molecule has 0 aliphatic carbocycles. The van der Waals surface area contributed by atoms with Gasteiger partial charge in [0.15, 0.2) is 11.5 Å². The van der Waals surface area contributed by atoms with Crippen molar-refractivity contribution < 1.29 is 9.32 Å². The number of rotatable bonds is 5. The first-order valence-corrected chi connectivity index (χ1v) is 7.55. The minimum Gasteiger partial charge on any atom is -0.365 e. The van der Waals surface area contributed by atoms with Crippen LogP contribution < -0.4 is 10.6 Å². The van der Waals surface area contributed by atoms with Crippen molar-refractivity contribution in [2.75, 3.05) is 10.6 Å². The lowest BCUT2D eigenvalue weighted by molar-refractivity contribution is 0.102. The molecule has 3 aromatic rings. The summed E-state index contributed by atoms with van der Waals surface area (Å²) in [5, 5.41) is 18.0. The molecular formula is C16H14ClN5O2. The zero-order valence-corrected chi connectivity index (χ0v) is 13.5. The van der Waals surface area contributed by atoms with Crippen LogP contribution in [0.25, 0.3) is 0 Å². The van der Waals surface area contributed by atoms with Crippen LogP contribution in [0.1, 0.15) is 21.8 Å². The van der Waals surface area contributed by atoms with Gasteiger partial charge >= 0.3 is 0 Å². The van der Waals surface area contributed by atoms with Crippen LogP contribution in [-0.2, 0) is 6.54 Å². The van der Waals surface area contributed by atoms with E-state index in [1.165, 1.54) is 0 Å². The minimum absolute atomic E-state index is 0.188. The highest BCUT2D eigenvalue weighted by atomic mass is 35.5. The summed E-state index contributed by atoms with van der Waals surface area (Å²) in [7, 11) is 0. The van der Waals surface area contributed by atoms with Crippen molar-refractivity contribution in [3.63, 3.8) is 0 Å². The summed E-state index contributed by atoms with van der Waals surface area (Å²) in [6.45, 7) is 2.32. The van der Waals surface area contributed by atoms with Gasteiger partial charge in [-0.05, 0) is 36.8 Å². The number of hydrogen-bond donors (Lipinski definition) is 2. The van der Waals surface area contributed by atoms with Crippen molar-refractivity contribution in [3.8, 4) is 0 Å². The van der Waals surface area contributed by atoms with Gasteiger partial charge in [-0.15, -0.1) is 10.2 Å². The van der Waals surface area contributed by atoms with Crippen molar-refractivity contribution in [2.45, 2.75) is 13.5 Å². The Hall–Kier alpha value is -2.93. The highest BCUT2D eigenvalue weighted by molar-refractivity contribution is 6.30. The first-order chi connectivity index (χ1) is 11.6. The van der Waals surface area contributed by atoms with Gasteiger partial charge in [0.05, 0.1) is 0 Å². The molecule has 0 fully saturated rings. The van der Waals surface area contributed by atoms with Gasteiger partial charge in [0.2, 0.25) is 0 Å². The lowest BCUT2D eigenvalue weighted by atomic mass is 10.2. The third kappa shape index (κ3) is 4.08. The molecule has 0 bridgehead atoms. The molecule has 3 rings (SSSR count). The molecule has 122 valence electrons. The fourth-order valence-electron chi connectivity index (χ4n) is 1.95. The van der Waals surface area contributed by atoms with E-state index in [4.69, 9.17) is 16.1 Å². The Morgan fingerprint density at radius 3 is 2.54 bits per heavy atom. The smallest absolute Gasteiger partial charge is 0.277 e. The van der Waals surface area contributed by atoms with Gasteiger partial charge in [-0.2, -0.15) is 0 Å². The summed E-state index contributed by atoms with van der Waals surface area (Å²) in [6.07, 6.45) is 0. The first-order valence-electron chi connectivity index (χ1n) is 7.17. The van der Waals surface area contributed by atoms with E-state index >= 15 is 0 Å². The van der Waals surface area contributed by atoms with Gasteiger partial charge in [0, 0.05) is 17.6 Å². The number of nitrogens with one attached hydrogen (secondary N) is 2. The average Bonchev–Trinajstić information content (AvgIpc) is 2.99. The molecule has 1 aromatic carbocycles. The molecule has 2 heterocycles. The van der Waals surface area contributed by atoms with E-state index in [0.29, 0.717) is 29.0 Å². The summed E-state index contributed by atoms with van der Waals surface area (Å²) < 4.78 is 4.88. The molecule has 2 aromatic heterocycles. The van der Waals surface area contributed by atoms with Crippen molar-refractivity contribution in [1.82, 2.24) is 15.4 Å². The van der Waals surface area contributed by atoms with Gasteiger partial charge in [-0.25, -0.2) is 0 Å². The van der Waals surface area contributed by atoms with Crippen LogP contribution in [0, 0.1) is 6.92 Å². The average molecular weight is 344 g/mol. The lowest BCUT2D eigenvalue weighted by Crippen LogP contribution is -2.15. The molecule has 0 unspecified atom stereocenters. The Morgan fingerprint density at radius 2 is 1.92 bits per heavy atom. The number of aromatic nitrogens is 3. The fraction of sp³-hybridized carbons (Fsp3) is 0.125. The quantitative estimate of drug-likeness (QED) is 0.738. The Balaban J connectivity index is 1.58. The van der Waals surface area contributed by atoms with Gasteiger partial charge in [-0.1, -0.05) is 28.9 Å². The van der Waals surface area contributed by atoms with Gasteiger partial charge in [0.1, 0.15) is 11.6 Å². The number of amides is 1. The third-order valence-corrected chi connectivity index (χ3v) is 3.41. The van der Waals surface area contributed by atoms with Crippen LogP contribution in [0.3, 0.4) is 0 Å². The van der Waals surface area contributed by atoms with Crippen LogP contribution in [0.5, 0.6) is 0 Å². The van der Waals surface area contributed by atoms with E-state index in [-0.39, 0.29) is 5.69 Å². The maximum Gasteiger partial charge on any atom is 0.277 e. The highest BCUT2D eigenvalue weighted by Crippen LogP contribution is 2.12. The molecule has 1 amide bonds. The van der Waals surface area contributed by atoms with Crippen LogP contribution in [0.2, 0.25) is 5.02 Å². The van der Waals surface area contributed by atoms with Crippen LogP contribution in [-0.4, -0.2) is 21.3 Å². The Bertz CT molecular complexity index is 830. The molecule has 8 heteroatoms. The van der Waals surface area contributed by atoms with Crippen LogP contribution >= 0.6 is 11.6 Å². The molecule has 24 heavy (non-hydrogen) atoms. The largest absolute Gasteiger partial charge is 0.365 e.